The molecule has 0 unspecified atom stereocenters. The van der Waals surface area contributed by atoms with Crippen molar-refractivity contribution in [2.24, 2.45) is 0 Å². The largest absolute Gasteiger partial charge is 0.507 e. The Hall–Kier alpha value is -3.06. The fourth-order valence-corrected chi connectivity index (χ4v) is 4.29. The molecule has 7 heteroatoms. The van der Waals surface area contributed by atoms with E-state index < -0.39 is 17.7 Å². The number of likely N-dealkylation sites (tertiary alicyclic amines) is 1. The summed E-state index contributed by atoms with van der Waals surface area (Å²) in [5.41, 5.74) is 1.54. The molecule has 1 fully saturated rings. The second kappa shape index (κ2) is 8.23. The molecule has 164 valence electrons. The van der Waals surface area contributed by atoms with Crippen molar-refractivity contribution in [1.82, 2.24) is 9.80 Å². The SMILES string of the molecule is Cc1ccc([C@H]2/C(=C(\O)c3ccc4c(c3)C[C@@H](C)O4)C(=O)C(=O)N2CCCN(C)C)o1. The van der Waals surface area contributed by atoms with Crippen molar-refractivity contribution >= 4 is 17.4 Å². The summed E-state index contributed by atoms with van der Waals surface area (Å²) in [6, 6.07) is 8.15. The van der Waals surface area contributed by atoms with Gasteiger partial charge in [-0.05, 0) is 76.8 Å². The summed E-state index contributed by atoms with van der Waals surface area (Å²) in [6.45, 7) is 4.96. The van der Waals surface area contributed by atoms with E-state index in [1.54, 1.807) is 24.3 Å². The molecule has 2 aromatic rings. The van der Waals surface area contributed by atoms with Crippen LogP contribution in [0.1, 0.15) is 42.0 Å². The number of nitrogens with zero attached hydrogens (tertiary/aromatic N) is 2. The predicted molar refractivity (Wildman–Crippen MR) is 116 cm³/mol. The number of Topliss-reactive ketones (excluding diaryl/α,β-unsaturated/α-hetero) is 1. The summed E-state index contributed by atoms with van der Waals surface area (Å²) in [5, 5.41) is 11.2. The zero-order chi connectivity index (χ0) is 22.3. The third kappa shape index (κ3) is 3.97. The number of ketones is 1. The summed E-state index contributed by atoms with van der Waals surface area (Å²) in [7, 11) is 3.92. The summed E-state index contributed by atoms with van der Waals surface area (Å²) in [5.74, 6) is 0.448. The van der Waals surface area contributed by atoms with Crippen LogP contribution in [0.5, 0.6) is 5.75 Å². The van der Waals surface area contributed by atoms with Gasteiger partial charge in [0.2, 0.25) is 0 Å². The van der Waals surface area contributed by atoms with Crippen LogP contribution >= 0.6 is 0 Å². The molecule has 0 aliphatic carbocycles. The highest BCUT2D eigenvalue weighted by Gasteiger charge is 2.47. The Balaban J connectivity index is 1.76. The van der Waals surface area contributed by atoms with Gasteiger partial charge in [-0.1, -0.05) is 0 Å². The number of hydrogen-bond acceptors (Lipinski definition) is 6. The number of carbonyl (C=O) groups is 2. The van der Waals surface area contributed by atoms with E-state index in [2.05, 4.69) is 0 Å². The van der Waals surface area contributed by atoms with Crippen molar-refractivity contribution < 1.29 is 23.8 Å². The molecule has 0 saturated carbocycles. The third-order valence-corrected chi connectivity index (χ3v) is 5.74. The minimum Gasteiger partial charge on any atom is -0.507 e. The lowest BCUT2D eigenvalue weighted by molar-refractivity contribution is -0.140. The van der Waals surface area contributed by atoms with Crippen molar-refractivity contribution in [2.45, 2.75) is 38.8 Å². The van der Waals surface area contributed by atoms with Gasteiger partial charge in [0, 0.05) is 18.5 Å². The summed E-state index contributed by atoms with van der Waals surface area (Å²) in [6.07, 6.45) is 1.50. The maximum Gasteiger partial charge on any atom is 0.295 e. The first-order valence-corrected chi connectivity index (χ1v) is 10.6. The molecule has 4 rings (SSSR count). The number of furan rings is 1. The Bertz CT molecular complexity index is 1050. The molecule has 3 heterocycles. The Morgan fingerprint density at radius 1 is 1.23 bits per heavy atom. The number of benzene rings is 1. The standard InChI is InChI=1S/C24H28N2O5/c1-14-6-8-19(30-14)21-20(23(28)24(29)26(21)11-5-10-25(3)4)22(27)16-7-9-18-17(13-16)12-15(2)31-18/h6-9,13,15,21,27H,5,10-12H2,1-4H3/b22-20+/t15-,21+/m1/s1. The van der Waals surface area contributed by atoms with Gasteiger partial charge in [-0.15, -0.1) is 0 Å². The van der Waals surface area contributed by atoms with Crippen LogP contribution in [-0.2, 0) is 16.0 Å². The van der Waals surface area contributed by atoms with E-state index in [0.29, 0.717) is 30.0 Å². The maximum absolute atomic E-state index is 13.0. The lowest BCUT2D eigenvalue weighted by Gasteiger charge is -2.24. The number of amides is 1. The van der Waals surface area contributed by atoms with E-state index in [0.717, 1.165) is 24.3 Å². The molecule has 1 amide bonds. The van der Waals surface area contributed by atoms with Gasteiger partial charge < -0.3 is 24.1 Å². The molecule has 1 saturated heterocycles. The highest BCUT2D eigenvalue weighted by molar-refractivity contribution is 6.46. The predicted octanol–water partition coefficient (Wildman–Crippen LogP) is 3.28. The zero-order valence-electron chi connectivity index (χ0n) is 18.3. The quantitative estimate of drug-likeness (QED) is 0.435. The Morgan fingerprint density at radius 3 is 2.68 bits per heavy atom. The average Bonchev–Trinajstić information content (AvgIpc) is 3.37. The van der Waals surface area contributed by atoms with Gasteiger partial charge in [0.1, 0.15) is 35.2 Å². The van der Waals surface area contributed by atoms with Gasteiger partial charge in [-0.3, -0.25) is 9.59 Å². The number of ether oxygens (including phenoxy) is 1. The van der Waals surface area contributed by atoms with E-state index >= 15 is 0 Å². The molecule has 2 aliphatic heterocycles. The van der Waals surface area contributed by atoms with Crippen molar-refractivity contribution in [2.75, 3.05) is 27.2 Å². The van der Waals surface area contributed by atoms with Crippen molar-refractivity contribution in [1.29, 1.82) is 0 Å². The van der Waals surface area contributed by atoms with Gasteiger partial charge in [-0.25, -0.2) is 0 Å². The van der Waals surface area contributed by atoms with Crippen LogP contribution in [0, 0.1) is 6.92 Å². The molecule has 0 bridgehead atoms. The van der Waals surface area contributed by atoms with E-state index in [1.807, 2.05) is 38.9 Å². The van der Waals surface area contributed by atoms with Crippen LogP contribution in [0.25, 0.3) is 5.76 Å². The van der Waals surface area contributed by atoms with Crippen LogP contribution in [0.4, 0.5) is 0 Å². The third-order valence-electron chi connectivity index (χ3n) is 5.74. The van der Waals surface area contributed by atoms with Crippen LogP contribution in [0.15, 0.2) is 40.3 Å². The summed E-state index contributed by atoms with van der Waals surface area (Å²) >= 11 is 0. The van der Waals surface area contributed by atoms with Gasteiger partial charge >= 0.3 is 0 Å². The Labute approximate surface area is 181 Å². The fraction of sp³-hybridized carbons (Fsp3) is 0.417. The maximum atomic E-state index is 13.0. The number of aryl methyl sites for hydroxylation is 1. The number of aliphatic hydroxyl groups excluding tert-OH is 1. The van der Waals surface area contributed by atoms with Gasteiger partial charge in [0.05, 0.1) is 5.57 Å². The second-order valence-corrected chi connectivity index (χ2v) is 8.55. The second-order valence-electron chi connectivity index (χ2n) is 8.55. The minimum atomic E-state index is -0.751. The minimum absolute atomic E-state index is 0.0658. The van der Waals surface area contributed by atoms with Gasteiger partial charge in [-0.2, -0.15) is 0 Å². The van der Waals surface area contributed by atoms with E-state index in [4.69, 9.17) is 9.15 Å². The topological polar surface area (TPSA) is 83.2 Å². The molecule has 31 heavy (non-hydrogen) atoms. The number of hydrogen-bond donors (Lipinski definition) is 1. The first-order chi connectivity index (χ1) is 14.8. The molecule has 0 spiro atoms. The van der Waals surface area contributed by atoms with Gasteiger partial charge in [0.25, 0.3) is 11.7 Å². The lowest BCUT2D eigenvalue weighted by Crippen LogP contribution is -2.32. The fourth-order valence-electron chi connectivity index (χ4n) is 4.29. The highest BCUT2D eigenvalue weighted by atomic mass is 16.5. The van der Waals surface area contributed by atoms with Crippen molar-refractivity contribution in [3.8, 4) is 5.75 Å². The molecular formula is C24H28N2O5. The van der Waals surface area contributed by atoms with E-state index in [-0.39, 0.29) is 17.4 Å². The monoisotopic (exact) mass is 424 g/mol. The molecule has 1 N–H and O–H groups in total. The number of fused-ring (bicyclic) bond motifs is 1. The van der Waals surface area contributed by atoms with Crippen molar-refractivity contribution in [3.63, 3.8) is 0 Å². The van der Waals surface area contributed by atoms with Crippen LogP contribution in [0.2, 0.25) is 0 Å². The Kier molecular flexibility index (Phi) is 5.62. The van der Waals surface area contributed by atoms with Crippen LogP contribution < -0.4 is 4.74 Å². The number of carbonyl (C=O) groups excluding carboxylic acids is 2. The normalized spacial score (nSPS) is 22.3. The average molecular weight is 424 g/mol. The van der Waals surface area contributed by atoms with Crippen LogP contribution in [0.3, 0.4) is 0 Å². The van der Waals surface area contributed by atoms with Gasteiger partial charge in [0.15, 0.2) is 0 Å². The molecule has 2 atom stereocenters. The smallest absolute Gasteiger partial charge is 0.295 e. The number of aliphatic hydroxyl groups is 1. The molecular weight excluding hydrogens is 396 g/mol. The molecule has 1 aromatic heterocycles. The van der Waals surface area contributed by atoms with Crippen molar-refractivity contribution in [3.05, 3.63) is 58.6 Å². The molecule has 0 radical (unpaired) electrons. The first-order valence-electron chi connectivity index (χ1n) is 10.6. The van der Waals surface area contributed by atoms with E-state index in [9.17, 15) is 14.7 Å². The summed E-state index contributed by atoms with van der Waals surface area (Å²) in [4.78, 5) is 29.5. The number of rotatable bonds is 6. The Morgan fingerprint density at radius 2 is 2.00 bits per heavy atom. The molecule has 7 nitrogen and oxygen atoms in total. The molecule has 1 aromatic carbocycles. The summed E-state index contributed by atoms with van der Waals surface area (Å²) < 4.78 is 11.5. The zero-order valence-corrected chi connectivity index (χ0v) is 18.3. The van der Waals surface area contributed by atoms with Crippen LogP contribution in [-0.4, -0.2) is 59.9 Å². The van der Waals surface area contributed by atoms with E-state index in [1.165, 1.54) is 4.90 Å². The highest BCUT2D eigenvalue weighted by Crippen LogP contribution is 2.41. The lowest BCUT2D eigenvalue weighted by atomic mass is 9.97. The first kappa shape index (κ1) is 21.2. The molecule has 2 aliphatic rings.